The molecule has 124 valence electrons. The van der Waals surface area contributed by atoms with Crippen LogP contribution in [0.4, 0.5) is 4.39 Å². The number of rotatable bonds is 6. The van der Waals surface area contributed by atoms with Gasteiger partial charge in [0.2, 0.25) is 0 Å². The predicted octanol–water partition coefficient (Wildman–Crippen LogP) is 3.33. The van der Waals surface area contributed by atoms with Crippen LogP contribution >= 0.6 is 0 Å². The van der Waals surface area contributed by atoms with Crippen molar-refractivity contribution in [3.05, 3.63) is 48.0 Å². The number of likely N-dealkylation sites (tertiary alicyclic amines) is 1. The summed E-state index contributed by atoms with van der Waals surface area (Å²) in [7, 11) is 0. The third kappa shape index (κ3) is 4.55. The number of ether oxygens (including phenoxy) is 1. The molecule has 0 unspecified atom stereocenters. The highest BCUT2D eigenvalue weighted by atomic mass is 19.1. The van der Waals surface area contributed by atoms with Crippen molar-refractivity contribution in [1.29, 1.82) is 0 Å². The summed E-state index contributed by atoms with van der Waals surface area (Å²) in [6.45, 7) is 6.82. The second kappa shape index (κ2) is 7.59. The maximum atomic E-state index is 12.9. The molecule has 1 fully saturated rings. The van der Waals surface area contributed by atoms with Crippen molar-refractivity contribution in [1.82, 2.24) is 14.7 Å². The van der Waals surface area contributed by atoms with E-state index < -0.39 is 0 Å². The van der Waals surface area contributed by atoms with Gasteiger partial charge >= 0.3 is 0 Å². The molecule has 2 aromatic rings. The van der Waals surface area contributed by atoms with E-state index in [4.69, 9.17) is 4.74 Å². The molecule has 0 spiro atoms. The van der Waals surface area contributed by atoms with Crippen molar-refractivity contribution in [2.75, 3.05) is 19.7 Å². The maximum absolute atomic E-state index is 12.9. The van der Waals surface area contributed by atoms with Crippen LogP contribution in [0.3, 0.4) is 0 Å². The molecule has 4 nitrogen and oxygen atoms in total. The molecule has 0 amide bonds. The summed E-state index contributed by atoms with van der Waals surface area (Å²) in [5, 5.41) is 4.34. The number of hydrogen-bond acceptors (Lipinski definition) is 3. The van der Waals surface area contributed by atoms with Crippen molar-refractivity contribution in [3.8, 4) is 5.75 Å². The number of aryl methyl sites for hydroxylation is 1. The molecule has 0 N–H and O–H groups in total. The van der Waals surface area contributed by atoms with E-state index in [1.807, 2.05) is 10.9 Å². The Balaban J connectivity index is 1.48. The lowest BCUT2D eigenvalue weighted by Crippen LogP contribution is -2.37. The lowest BCUT2D eigenvalue weighted by Gasteiger charge is -2.32. The number of aromatic nitrogens is 2. The van der Waals surface area contributed by atoms with Crippen LogP contribution in [-0.4, -0.2) is 34.4 Å². The summed E-state index contributed by atoms with van der Waals surface area (Å²) in [5.41, 5.74) is 1.27. The Kier molecular flexibility index (Phi) is 5.28. The molecule has 23 heavy (non-hydrogen) atoms. The van der Waals surface area contributed by atoms with Crippen LogP contribution in [-0.2, 0) is 13.1 Å². The first kappa shape index (κ1) is 16.0. The third-order valence-corrected chi connectivity index (χ3v) is 4.32. The number of nitrogens with zero attached hydrogens (tertiary/aromatic N) is 3. The highest BCUT2D eigenvalue weighted by Crippen LogP contribution is 2.20. The lowest BCUT2D eigenvalue weighted by atomic mass is 9.98. The number of hydrogen-bond donors (Lipinski definition) is 0. The van der Waals surface area contributed by atoms with Gasteiger partial charge in [0.25, 0.3) is 0 Å². The van der Waals surface area contributed by atoms with Gasteiger partial charge in [0.05, 0.1) is 12.8 Å². The van der Waals surface area contributed by atoms with Crippen LogP contribution in [0.5, 0.6) is 5.75 Å². The van der Waals surface area contributed by atoms with E-state index in [0.29, 0.717) is 12.5 Å². The van der Waals surface area contributed by atoms with Gasteiger partial charge in [0, 0.05) is 37.3 Å². The van der Waals surface area contributed by atoms with Gasteiger partial charge in [-0.05, 0) is 50.6 Å². The Morgan fingerprint density at radius 3 is 2.87 bits per heavy atom. The summed E-state index contributed by atoms with van der Waals surface area (Å²) in [6.07, 6.45) is 6.46. The summed E-state index contributed by atoms with van der Waals surface area (Å²) >= 11 is 0. The zero-order valence-corrected chi connectivity index (χ0v) is 13.6. The van der Waals surface area contributed by atoms with Gasteiger partial charge in [-0.25, -0.2) is 4.39 Å². The normalized spacial score (nSPS) is 19.0. The van der Waals surface area contributed by atoms with Crippen LogP contribution in [0.15, 0.2) is 36.7 Å². The van der Waals surface area contributed by atoms with E-state index in [-0.39, 0.29) is 5.82 Å². The fourth-order valence-electron chi connectivity index (χ4n) is 3.10. The van der Waals surface area contributed by atoms with Crippen molar-refractivity contribution >= 4 is 0 Å². The molecule has 5 heteroatoms. The number of halogens is 1. The van der Waals surface area contributed by atoms with Crippen molar-refractivity contribution in [2.24, 2.45) is 5.92 Å². The monoisotopic (exact) mass is 317 g/mol. The second-order valence-corrected chi connectivity index (χ2v) is 6.21. The Labute approximate surface area is 136 Å². The SMILES string of the molecule is CCn1cc(CN2CCC[C@@H](COc3ccc(F)cc3)C2)cn1. The van der Waals surface area contributed by atoms with Gasteiger partial charge in [-0.1, -0.05) is 0 Å². The Bertz CT molecular complexity index is 611. The third-order valence-electron chi connectivity index (χ3n) is 4.32. The van der Waals surface area contributed by atoms with E-state index >= 15 is 0 Å². The first-order valence-electron chi connectivity index (χ1n) is 8.35. The van der Waals surface area contributed by atoms with Crippen LogP contribution in [0, 0.1) is 11.7 Å². The Hall–Kier alpha value is -1.88. The second-order valence-electron chi connectivity index (χ2n) is 6.21. The van der Waals surface area contributed by atoms with Gasteiger partial charge in [-0.15, -0.1) is 0 Å². The van der Waals surface area contributed by atoms with Gasteiger partial charge in [0.1, 0.15) is 11.6 Å². The maximum Gasteiger partial charge on any atom is 0.123 e. The zero-order chi connectivity index (χ0) is 16.1. The molecule has 0 radical (unpaired) electrons. The highest BCUT2D eigenvalue weighted by Gasteiger charge is 2.21. The average Bonchev–Trinajstić information content (AvgIpc) is 3.02. The molecule has 1 aromatic heterocycles. The van der Waals surface area contributed by atoms with Crippen LogP contribution in [0.25, 0.3) is 0 Å². The van der Waals surface area contributed by atoms with Crippen LogP contribution in [0.2, 0.25) is 0 Å². The summed E-state index contributed by atoms with van der Waals surface area (Å²) in [4.78, 5) is 2.47. The van der Waals surface area contributed by atoms with E-state index in [9.17, 15) is 4.39 Å². The molecule has 1 aliphatic heterocycles. The van der Waals surface area contributed by atoms with Crippen LogP contribution < -0.4 is 4.74 Å². The highest BCUT2D eigenvalue weighted by molar-refractivity contribution is 5.22. The van der Waals surface area contributed by atoms with Gasteiger partial charge in [-0.3, -0.25) is 9.58 Å². The van der Waals surface area contributed by atoms with E-state index in [2.05, 4.69) is 23.1 Å². The van der Waals surface area contributed by atoms with Gasteiger partial charge in [-0.2, -0.15) is 5.10 Å². The van der Waals surface area contributed by atoms with Gasteiger partial charge < -0.3 is 4.74 Å². The molecule has 1 aliphatic rings. The van der Waals surface area contributed by atoms with Crippen LogP contribution in [0.1, 0.15) is 25.3 Å². The molecular formula is C18H24FN3O. The molecule has 2 heterocycles. The molecule has 0 bridgehead atoms. The van der Waals surface area contributed by atoms with Crippen molar-refractivity contribution < 1.29 is 9.13 Å². The summed E-state index contributed by atoms with van der Waals surface area (Å²) in [5.74, 6) is 1.04. The van der Waals surface area contributed by atoms with E-state index in [1.54, 1.807) is 12.1 Å². The number of benzene rings is 1. The molecule has 1 atom stereocenters. The number of piperidine rings is 1. The molecule has 3 rings (SSSR count). The van der Waals surface area contributed by atoms with E-state index in [0.717, 1.165) is 31.9 Å². The fraction of sp³-hybridized carbons (Fsp3) is 0.500. The predicted molar refractivity (Wildman–Crippen MR) is 87.8 cm³/mol. The Morgan fingerprint density at radius 2 is 2.13 bits per heavy atom. The van der Waals surface area contributed by atoms with Gasteiger partial charge in [0.15, 0.2) is 0 Å². The minimum absolute atomic E-state index is 0.228. The van der Waals surface area contributed by atoms with Crippen molar-refractivity contribution in [2.45, 2.75) is 32.9 Å². The summed E-state index contributed by atoms with van der Waals surface area (Å²) in [6, 6.07) is 6.26. The van der Waals surface area contributed by atoms with Crippen molar-refractivity contribution in [3.63, 3.8) is 0 Å². The first-order valence-corrected chi connectivity index (χ1v) is 8.35. The lowest BCUT2D eigenvalue weighted by molar-refractivity contribution is 0.125. The molecule has 1 saturated heterocycles. The van der Waals surface area contributed by atoms with E-state index in [1.165, 1.54) is 30.5 Å². The summed E-state index contributed by atoms with van der Waals surface area (Å²) < 4.78 is 20.7. The quantitative estimate of drug-likeness (QED) is 0.818. The molecule has 0 aliphatic carbocycles. The fourth-order valence-corrected chi connectivity index (χ4v) is 3.10. The largest absolute Gasteiger partial charge is 0.493 e. The molecular weight excluding hydrogens is 293 g/mol. The standard InChI is InChI=1S/C18H24FN3O/c1-2-22-13-16(10-20-22)12-21-9-3-4-15(11-21)14-23-18-7-5-17(19)6-8-18/h5-8,10,13,15H,2-4,9,11-12,14H2,1H3/t15-/m1/s1. The molecule has 0 saturated carbocycles. The minimum Gasteiger partial charge on any atom is -0.493 e. The topological polar surface area (TPSA) is 30.3 Å². The average molecular weight is 317 g/mol. The molecule has 1 aromatic carbocycles. The first-order chi connectivity index (χ1) is 11.2. The minimum atomic E-state index is -0.228. The Morgan fingerprint density at radius 1 is 1.30 bits per heavy atom. The smallest absolute Gasteiger partial charge is 0.123 e. The zero-order valence-electron chi connectivity index (χ0n) is 13.6.